The topological polar surface area (TPSA) is 85.5 Å². The summed E-state index contributed by atoms with van der Waals surface area (Å²) in [7, 11) is 0. The highest BCUT2D eigenvalue weighted by molar-refractivity contribution is 5.77. The van der Waals surface area contributed by atoms with Crippen LogP contribution in [0.2, 0.25) is 0 Å². The first kappa shape index (κ1) is 20.0. The van der Waals surface area contributed by atoms with Crippen LogP contribution in [0, 0.1) is 11.7 Å². The third kappa shape index (κ3) is 5.87. The van der Waals surface area contributed by atoms with E-state index in [-0.39, 0.29) is 30.5 Å². The molecule has 0 saturated heterocycles. The van der Waals surface area contributed by atoms with Crippen molar-refractivity contribution in [2.45, 2.75) is 39.0 Å². The fourth-order valence-corrected chi connectivity index (χ4v) is 2.83. The number of hydrogen-bond acceptors (Lipinski definition) is 6. The number of esters is 1. The van der Waals surface area contributed by atoms with E-state index in [0.29, 0.717) is 49.3 Å². The van der Waals surface area contributed by atoms with Crippen molar-refractivity contribution in [2.75, 3.05) is 19.7 Å². The van der Waals surface area contributed by atoms with Crippen molar-refractivity contribution in [3.05, 3.63) is 36.0 Å². The molecule has 0 bridgehead atoms. The van der Waals surface area contributed by atoms with Gasteiger partial charge in [-0.2, -0.15) is 4.98 Å². The van der Waals surface area contributed by atoms with Crippen molar-refractivity contribution in [3.8, 4) is 11.4 Å². The lowest BCUT2D eigenvalue weighted by Crippen LogP contribution is -2.35. The minimum Gasteiger partial charge on any atom is -0.466 e. The molecule has 0 aliphatic heterocycles. The van der Waals surface area contributed by atoms with Gasteiger partial charge in [-0.1, -0.05) is 5.16 Å². The maximum atomic E-state index is 13.0. The molecule has 1 aromatic heterocycles. The molecule has 1 heterocycles. The van der Waals surface area contributed by atoms with Crippen molar-refractivity contribution in [2.24, 2.45) is 5.92 Å². The molecule has 150 valence electrons. The minimum absolute atomic E-state index is 0.0438. The van der Waals surface area contributed by atoms with Gasteiger partial charge in [-0.25, -0.2) is 4.39 Å². The smallest absolute Gasteiger partial charge is 0.307 e. The molecule has 1 aliphatic rings. The fraction of sp³-hybridized carbons (Fsp3) is 0.500. The predicted octanol–water partition coefficient (Wildman–Crippen LogP) is 3.00. The second-order valence-corrected chi connectivity index (χ2v) is 6.86. The second-order valence-electron chi connectivity index (χ2n) is 6.86. The van der Waals surface area contributed by atoms with E-state index < -0.39 is 0 Å². The summed E-state index contributed by atoms with van der Waals surface area (Å²) in [4.78, 5) is 30.2. The number of hydrogen-bond donors (Lipinski definition) is 0. The molecular weight excluding hydrogens is 365 g/mol. The molecule has 1 saturated carbocycles. The lowest BCUT2D eigenvalue weighted by atomic mass is 10.2. The van der Waals surface area contributed by atoms with Crippen LogP contribution in [-0.4, -0.2) is 46.6 Å². The SMILES string of the molecule is CCOC(=O)CCN(CC1CC1)C(=O)CCc1nc(-c2ccc(F)cc2)no1. The molecule has 0 unspecified atom stereocenters. The van der Waals surface area contributed by atoms with Crippen LogP contribution in [0.5, 0.6) is 0 Å². The number of carbonyl (C=O) groups excluding carboxylic acids is 2. The number of nitrogens with zero attached hydrogens (tertiary/aromatic N) is 3. The molecule has 1 aliphatic carbocycles. The molecule has 1 fully saturated rings. The average Bonchev–Trinajstić information content (AvgIpc) is 3.38. The number of amides is 1. The van der Waals surface area contributed by atoms with E-state index in [1.807, 2.05) is 0 Å². The number of halogens is 1. The van der Waals surface area contributed by atoms with Crippen molar-refractivity contribution in [3.63, 3.8) is 0 Å². The number of carbonyl (C=O) groups is 2. The van der Waals surface area contributed by atoms with Gasteiger partial charge in [-0.3, -0.25) is 9.59 Å². The van der Waals surface area contributed by atoms with Crippen molar-refractivity contribution >= 4 is 11.9 Å². The van der Waals surface area contributed by atoms with Gasteiger partial charge in [0.15, 0.2) is 0 Å². The number of aromatic nitrogens is 2. The molecule has 7 nitrogen and oxygen atoms in total. The summed E-state index contributed by atoms with van der Waals surface area (Å²) in [6.07, 6.45) is 2.97. The van der Waals surface area contributed by atoms with Crippen LogP contribution < -0.4 is 0 Å². The van der Waals surface area contributed by atoms with Gasteiger partial charge in [-0.05, 0) is 49.9 Å². The zero-order chi connectivity index (χ0) is 19.9. The highest BCUT2D eigenvalue weighted by Gasteiger charge is 2.27. The number of benzene rings is 1. The van der Waals surface area contributed by atoms with Gasteiger partial charge in [0.05, 0.1) is 13.0 Å². The molecule has 28 heavy (non-hydrogen) atoms. The van der Waals surface area contributed by atoms with E-state index in [9.17, 15) is 14.0 Å². The van der Waals surface area contributed by atoms with Gasteiger partial charge in [-0.15, -0.1) is 0 Å². The summed E-state index contributed by atoms with van der Waals surface area (Å²) in [5.41, 5.74) is 0.646. The molecule has 0 atom stereocenters. The van der Waals surface area contributed by atoms with Crippen LogP contribution in [-0.2, 0) is 20.7 Å². The van der Waals surface area contributed by atoms with Gasteiger partial charge in [0, 0.05) is 31.5 Å². The normalized spacial score (nSPS) is 13.4. The van der Waals surface area contributed by atoms with Crippen molar-refractivity contribution < 1.29 is 23.2 Å². The molecule has 1 aromatic carbocycles. The first-order valence-electron chi connectivity index (χ1n) is 9.57. The van der Waals surface area contributed by atoms with Gasteiger partial charge in [0.1, 0.15) is 5.82 Å². The molecule has 3 rings (SSSR count). The third-order valence-electron chi connectivity index (χ3n) is 4.54. The standard InChI is InChI=1S/C20H24FN3O4/c1-2-27-19(26)11-12-24(13-14-3-4-14)18(25)10-9-17-22-20(23-28-17)15-5-7-16(21)8-6-15/h5-8,14H,2-4,9-13H2,1H3. The van der Waals surface area contributed by atoms with Crippen LogP contribution in [0.15, 0.2) is 28.8 Å². The maximum Gasteiger partial charge on any atom is 0.307 e. The van der Waals surface area contributed by atoms with E-state index >= 15 is 0 Å². The highest BCUT2D eigenvalue weighted by atomic mass is 19.1. The first-order valence-corrected chi connectivity index (χ1v) is 9.57. The van der Waals surface area contributed by atoms with Crippen LogP contribution >= 0.6 is 0 Å². The summed E-state index contributed by atoms with van der Waals surface area (Å²) in [5, 5.41) is 3.88. The molecule has 0 spiro atoms. The van der Waals surface area contributed by atoms with E-state index in [1.165, 1.54) is 12.1 Å². The Hall–Kier alpha value is -2.77. The predicted molar refractivity (Wildman–Crippen MR) is 98.6 cm³/mol. The van der Waals surface area contributed by atoms with Crippen molar-refractivity contribution in [1.29, 1.82) is 0 Å². The average molecular weight is 389 g/mol. The summed E-state index contributed by atoms with van der Waals surface area (Å²) >= 11 is 0. The molecule has 1 amide bonds. The molecule has 0 N–H and O–H groups in total. The number of ether oxygens (including phenoxy) is 1. The largest absolute Gasteiger partial charge is 0.466 e. The van der Waals surface area contributed by atoms with E-state index in [4.69, 9.17) is 9.26 Å². The van der Waals surface area contributed by atoms with Crippen LogP contribution in [0.25, 0.3) is 11.4 Å². The molecule has 0 radical (unpaired) electrons. The summed E-state index contributed by atoms with van der Waals surface area (Å²) < 4.78 is 23.2. The fourth-order valence-electron chi connectivity index (χ4n) is 2.83. The number of rotatable bonds is 10. The third-order valence-corrected chi connectivity index (χ3v) is 4.54. The summed E-state index contributed by atoms with van der Waals surface area (Å²) in [6, 6.07) is 5.80. The zero-order valence-electron chi connectivity index (χ0n) is 15.9. The van der Waals surface area contributed by atoms with Gasteiger partial charge in [0.2, 0.25) is 17.6 Å². The second kappa shape index (κ2) is 9.43. The van der Waals surface area contributed by atoms with Crippen LogP contribution in [0.3, 0.4) is 0 Å². The van der Waals surface area contributed by atoms with E-state index in [0.717, 1.165) is 12.8 Å². The first-order chi connectivity index (χ1) is 13.5. The highest BCUT2D eigenvalue weighted by Crippen LogP contribution is 2.30. The minimum atomic E-state index is -0.336. The Labute approximate surface area is 162 Å². The summed E-state index contributed by atoms with van der Waals surface area (Å²) in [5.74, 6) is 0.565. The Morgan fingerprint density at radius 2 is 2.00 bits per heavy atom. The summed E-state index contributed by atoms with van der Waals surface area (Å²) in [6.45, 7) is 3.13. The Morgan fingerprint density at radius 3 is 2.68 bits per heavy atom. The lowest BCUT2D eigenvalue weighted by molar-refractivity contribution is -0.144. The van der Waals surface area contributed by atoms with Crippen molar-refractivity contribution in [1.82, 2.24) is 15.0 Å². The van der Waals surface area contributed by atoms with Gasteiger partial charge < -0.3 is 14.2 Å². The molecule has 8 heteroatoms. The van der Waals surface area contributed by atoms with Crippen LogP contribution in [0.4, 0.5) is 4.39 Å². The van der Waals surface area contributed by atoms with E-state index in [1.54, 1.807) is 24.0 Å². The lowest BCUT2D eigenvalue weighted by Gasteiger charge is -2.22. The maximum absolute atomic E-state index is 13.0. The van der Waals surface area contributed by atoms with E-state index in [2.05, 4.69) is 10.1 Å². The quantitative estimate of drug-likeness (QED) is 0.581. The van der Waals surface area contributed by atoms with Gasteiger partial charge in [0.25, 0.3) is 0 Å². The van der Waals surface area contributed by atoms with Crippen LogP contribution in [0.1, 0.15) is 38.5 Å². The monoisotopic (exact) mass is 389 g/mol. The Bertz CT molecular complexity index is 802. The Balaban J connectivity index is 1.53. The Morgan fingerprint density at radius 1 is 1.25 bits per heavy atom. The molecule has 2 aromatic rings. The zero-order valence-corrected chi connectivity index (χ0v) is 15.9. The van der Waals surface area contributed by atoms with Gasteiger partial charge >= 0.3 is 5.97 Å². The Kier molecular flexibility index (Phi) is 6.73. The number of aryl methyl sites for hydroxylation is 1. The molecular formula is C20H24FN3O4.